The highest BCUT2D eigenvalue weighted by Gasteiger charge is 2.36. The first-order chi connectivity index (χ1) is 7.38. The summed E-state index contributed by atoms with van der Waals surface area (Å²) in [5.74, 6) is 1.45. The maximum atomic E-state index is 12.2. The minimum atomic E-state index is -0.666. The normalized spacial score (nSPS) is 23.4. The van der Waals surface area contributed by atoms with Crippen LogP contribution in [0.15, 0.2) is 0 Å². The van der Waals surface area contributed by atoms with Crippen LogP contribution in [0, 0.1) is 11.8 Å². The summed E-state index contributed by atoms with van der Waals surface area (Å²) < 4.78 is 0. The minimum absolute atomic E-state index is 0. The molecule has 1 aliphatic heterocycles. The number of carbonyl (C=O) groups excluding carboxylic acids is 1. The Morgan fingerprint density at radius 1 is 1.53 bits per heavy atom. The van der Waals surface area contributed by atoms with Crippen molar-refractivity contribution in [2.45, 2.75) is 52.5 Å². The van der Waals surface area contributed by atoms with E-state index < -0.39 is 5.54 Å². The van der Waals surface area contributed by atoms with Gasteiger partial charge in [0.15, 0.2) is 0 Å². The highest BCUT2D eigenvalue weighted by Crippen LogP contribution is 2.26. The molecule has 4 heteroatoms. The number of likely N-dealkylation sites (tertiary alicyclic amines) is 1. The van der Waals surface area contributed by atoms with E-state index in [-0.39, 0.29) is 18.3 Å². The first-order valence-electron chi connectivity index (χ1n) is 6.46. The molecule has 1 heterocycles. The van der Waals surface area contributed by atoms with E-state index in [9.17, 15) is 4.79 Å². The van der Waals surface area contributed by atoms with E-state index in [0.717, 1.165) is 32.4 Å². The van der Waals surface area contributed by atoms with E-state index in [4.69, 9.17) is 5.73 Å². The second-order valence-corrected chi connectivity index (χ2v) is 5.71. The fraction of sp³-hybridized carbons (Fsp3) is 0.923. The third-order valence-electron chi connectivity index (χ3n) is 3.71. The SMILES string of the molecule is CCCC(C)(N)C(=O)N1CCC(C(C)C)C1.Cl. The molecular formula is C13H27ClN2O. The standard InChI is InChI=1S/C13H26N2O.ClH/c1-5-7-13(4,14)12(16)15-8-6-11(9-15)10(2)3;/h10-11H,5-9,14H2,1-4H3;1H. The summed E-state index contributed by atoms with van der Waals surface area (Å²) in [6.07, 6.45) is 2.86. The molecule has 0 saturated carbocycles. The van der Waals surface area contributed by atoms with Crippen molar-refractivity contribution < 1.29 is 4.79 Å². The monoisotopic (exact) mass is 262 g/mol. The van der Waals surface area contributed by atoms with E-state index in [0.29, 0.717) is 11.8 Å². The summed E-state index contributed by atoms with van der Waals surface area (Å²) >= 11 is 0. The average Bonchev–Trinajstić information content (AvgIpc) is 2.65. The zero-order valence-electron chi connectivity index (χ0n) is 11.5. The largest absolute Gasteiger partial charge is 0.341 e. The summed E-state index contributed by atoms with van der Waals surface area (Å²) in [5, 5.41) is 0. The number of halogens is 1. The van der Waals surface area contributed by atoms with E-state index in [1.54, 1.807) is 0 Å². The molecule has 0 aromatic rings. The smallest absolute Gasteiger partial charge is 0.242 e. The number of carbonyl (C=O) groups is 1. The van der Waals surface area contributed by atoms with Crippen LogP contribution >= 0.6 is 12.4 Å². The molecule has 0 bridgehead atoms. The Hall–Kier alpha value is -0.280. The second-order valence-electron chi connectivity index (χ2n) is 5.71. The minimum Gasteiger partial charge on any atom is -0.341 e. The van der Waals surface area contributed by atoms with Gasteiger partial charge in [-0.25, -0.2) is 0 Å². The molecule has 1 amide bonds. The fourth-order valence-corrected chi connectivity index (χ4v) is 2.50. The van der Waals surface area contributed by atoms with Crippen molar-refractivity contribution >= 4 is 18.3 Å². The highest BCUT2D eigenvalue weighted by atomic mass is 35.5. The number of amides is 1. The van der Waals surface area contributed by atoms with Gasteiger partial charge in [0.1, 0.15) is 0 Å². The lowest BCUT2D eigenvalue weighted by molar-refractivity contribution is -0.135. The van der Waals surface area contributed by atoms with Crippen LogP contribution in [0.5, 0.6) is 0 Å². The first kappa shape index (κ1) is 16.7. The van der Waals surface area contributed by atoms with Crippen molar-refractivity contribution in [1.82, 2.24) is 4.90 Å². The quantitative estimate of drug-likeness (QED) is 0.846. The lowest BCUT2D eigenvalue weighted by atomic mass is 9.94. The third kappa shape index (κ3) is 4.14. The lowest BCUT2D eigenvalue weighted by Crippen LogP contribution is -2.52. The van der Waals surface area contributed by atoms with Crippen molar-refractivity contribution in [2.75, 3.05) is 13.1 Å². The van der Waals surface area contributed by atoms with Gasteiger partial charge >= 0.3 is 0 Å². The molecule has 1 aliphatic rings. The van der Waals surface area contributed by atoms with Crippen LogP contribution in [-0.2, 0) is 4.79 Å². The van der Waals surface area contributed by atoms with E-state index in [2.05, 4.69) is 20.8 Å². The third-order valence-corrected chi connectivity index (χ3v) is 3.71. The van der Waals surface area contributed by atoms with Crippen LogP contribution in [0.3, 0.4) is 0 Å². The molecule has 0 radical (unpaired) electrons. The molecule has 0 aromatic carbocycles. The Morgan fingerprint density at radius 2 is 2.12 bits per heavy atom. The summed E-state index contributed by atoms with van der Waals surface area (Å²) in [4.78, 5) is 14.2. The molecule has 1 saturated heterocycles. The van der Waals surface area contributed by atoms with Gasteiger partial charge in [-0.1, -0.05) is 27.2 Å². The zero-order chi connectivity index (χ0) is 12.3. The van der Waals surface area contributed by atoms with Gasteiger partial charge in [-0.05, 0) is 31.6 Å². The summed E-state index contributed by atoms with van der Waals surface area (Å²) in [7, 11) is 0. The van der Waals surface area contributed by atoms with Crippen LogP contribution in [-0.4, -0.2) is 29.4 Å². The molecule has 1 fully saturated rings. The van der Waals surface area contributed by atoms with Crippen molar-refractivity contribution in [3.8, 4) is 0 Å². The lowest BCUT2D eigenvalue weighted by Gasteiger charge is -2.29. The van der Waals surface area contributed by atoms with E-state index in [1.165, 1.54) is 0 Å². The fourth-order valence-electron chi connectivity index (χ4n) is 2.50. The van der Waals surface area contributed by atoms with Gasteiger partial charge in [0.05, 0.1) is 5.54 Å². The van der Waals surface area contributed by atoms with E-state index >= 15 is 0 Å². The summed E-state index contributed by atoms with van der Waals surface area (Å²) in [6.45, 7) is 10.2. The van der Waals surface area contributed by atoms with Crippen LogP contribution in [0.2, 0.25) is 0 Å². The summed E-state index contributed by atoms with van der Waals surface area (Å²) in [5.41, 5.74) is 5.41. The van der Waals surface area contributed by atoms with Crippen molar-refractivity contribution in [3.63, 3.8) is 0 Å². The van der Waals surface area contributed by atoms with Gasteiger partial charge in [-0.2, -0.15) is 0 Å². The highest BCUT2D eigenvalue weighted by molar-refractivity contribution is 5.86. The van der Waals surface area contributed by atoms with Gasteiger partial charge in [0.25, 0.3) is 0 Å². The molecule has 17 heavy (non-hydrogen) atoms. The van der Waals surface area contributed by atoms with Crippen LogP contribution in [0.25, 0.3) is 0 Å². The van der Waals surface area contributed by atoms with Crippen molar-refractivity contribution in [2.24, 2.45) is 17.6 Å². The van der Waals surface area contributed by atoms with Gasteiger partial charge < -0.3 is 10.6 Å². The number of hydrogen-bond acceptors (Lipinski definition) is 2. The first-order valence-corrected chi connectivity index (χ1v) is 6.46. The molecule has 2 N–H and O–H groups in total. The van der Waals surface area contributed by atoms with Gasteiger partial charge in [0, 0.05) is 13.1 Å². The molecule has 1 rings (SSSR count). The Bertz CT molecular complexity index is 254. The Kier molecular flexibility index (Phi) is 6.49. The topological polar surface area (TPSA) is 46.3 Å². The molecule has 0 spiro atoms. The van der Waals surface area contributed by atoms with E-state index in [1.807, 2.05) is 11.8 Å². The molecule has 102 valence electrons. The number of rotatable bonds is 4. The summed E-state index contributed by atoms with van der Waals surface area (Å²) in [6, 6.07) is 0. The van der Waals surface area contributed by atoms with Gasteiger partial charge in [0.2, 0.25) is 5.91 Å². The molecular weight excluding hydrogens is 236 g/mol. The Morgan fingerprint density at radius 3 is 2.53 bits per heavy atom. The second kappa shape index (κ2) is 6.60. The van der Waals surface area contributed by atoms with Gasteiger partial charge in [-0.3, -0.25) is 4.79 Å². The van der Waals surface area contributed by atoms with Crippen molar-refractivity contribution in [3.05, 3.63) is 0 Å². The molecule has 2 unspecified atom stereocenters. The van der Waals surface area contributed by atoms with Crippen LogP contribution in [0.1, 0.15) is 47.0 Å². The number of nitrogens with zero attached hydrogens (tertiary/aromatic N) is 1. The van der Waals surface area contributed by atoms with Crippen LogP contribution in [0.4, 0.5) is 0 Å². The predicted octanol–water partition coefficient (Wildman–Crippen LogP) is 2.43. The van der Waals surface area contributed by atoms with Crippen LogP contribution < -0.4 is 5.73 Å². The van der Waals surface area contributed by atoms with Gasteiger partial charge in [-0.15, -0.1) is 12.4 Å². The maximum absolute atomic E-state index is 12.2. The number of hydrogen-bond donors (Lipinski definition) is 1. The molecule has 2 atom stereocenters. The predicted molar refractivity (Wildman–Crippen MR) is 74.3 cm³/mol. The maximum Gasteiger partial charge on any atom is 0.242 e. The number of nitrogens with two attached hydrogens (primary N) is 1. The zero-order valence-corrected chi connectivity index (χ0v) is 12.3. The molecule has 0 aliphatic carbocycles. The average molecular weight is 263 g/mol. The Labute approximate surface area is 112 Å². The van der Waals surface area contributed by atoms with Crippen molar-refractivity contribution in [1.29, 1.82) is 0 Å². The molecule has 0 aromatic heterocycles. The molecule has 3 nitrogen and oxygen atoms in total. The Balaban J connectivity index is 0.00000256.